The number of fused-ring (bicyclic) bond motifs is 3. The first-order chi connectivity index (χ1) is 30.7. The van der Waals surface area contributed by atoms with Crippen molar-refractivity contribution in [1.82, 2.24) is 4.90 Å². The fourth-order valence-corrected chi connectivity index (χ4v) is 10.3. The van der Waals surface area contributed by atoms with E-state index in [1.54, 1.807) is 41.1 Å². The minimum absolute atomic E-state index is 0.0255. The highest BCUT2D eigenvalue weighted by atomic mass is 16.6. The van der Waals surface area contributed by atoms with Crippen LogP contribution < -0.4 is 0 Å². The largest absolute Gasteiger partial charge is 0.460 e. The molecule has 2 saturated heterocycles. The fraction of sp³-hybridized carbons (Fsp3) is 0.765. The second kappa shape index (κ2) is 25.4. The molecule has 0 amide bonds. The third-order valence-corrected chi connectivity index (χ3v) is 14.6. The molecule has 0 aromatic heterocycles. The summed E-state index contributed by atoms with van der Waals surface area (Å²) >= 11 is 0. The van der Waals surface area contributed by atoms with Crippen LogP contribution in [0.4, 0.5) is 0 Å². The molecule has 3 heterocycles. The van der Waals surface area contributed by atoms with Gasteiger partial charge in [-0.1, -0.05) is 77.5 Å². The molecule has 0 aromatic carbocycles. The lowest BCUT2D eigenvalue weighted by Crippen LogP contribution is -2.62. The number of aliphatic hydroxyl groups excluding tert-OH is 3. The van der Waals surface area contributed by atoms with E-state index in [9.17, 15) is 39.6 Å². The first kappa shape index (κ1) is 54.7. The van der Waals surface area contributed by atoms with Gasteiger partial charge in [-0.3, -0.25) is 24.1 Å². The van der Waals surface area contributed by atoms with Gasteiger partial charge in [0.1, 0.15) is 30.1 Å². The Kier molecular flexibility index (Phi) is 21.4. The lowest BCUT2D eigenvalue weighted by molar-refractivity contribution is -0.275. The van der Waals surface area contributed by atoms with Crippen molar-refractivity contribution in [1.29, 1.82) is 0 Å². The van der Waals surface area contributed by atoms with Crippen molar-refractivity contribution < 1.29 is 63.3 Å². The Morgan fingerprint density at radius 3 is 2.25 bits per heavy atom. The van der Waals surface area contributed by atoms with Gasteiger partial charge < -0.3 is 44.1 Å². The molecule has 3 aliphatic heterocycles. The average molecular weight is 916 g/mol. The van der Waals surface area contributed by atoms with E-state index in [4.69, 9.17) is 23.7 Å². The van der Waals surface area contributed by atoms with Crippen LogP contribution in [-0.2, 0) is 42.9 Å². The zero-order chi connectivity index (χ0) is 48.2. The number of ether oxygens (including phenoxy) is 5. The van der Waals surface area contributed by atoms with Crippen LogP contribution in [0.1, 0.15) is 126 Å². The highest BCUT2D eigenvalue weighted by molar-refractivity contribution is 5.90. The Labute approximate surface area is 387 Å². The summed E-state index contributed by atoms with van der Waals surface area (Å²) in [6, 6.07) is -1.04. The van der Waals surface area contributed by atoms with E-state index in [-0.39, 0.29) is 54.8 Å². The van der Waals surface area contributed by atoms with Crippen molar-refractivity contribution in [2.24, 2.45) is 35.5 Å². The van der Waals surface area contributed by atoms with E-state index in [1.807, 2.05) is 58.1 Å². The highest BCUT2D eigenvalue weighted by Crippen LogP contribution is 2.38. The lowest BCUT2D eigenvalue weighted by Gasteiger charge is -2.45. The molecular formula is C51H81NO13. The first-order valence-electron chi connectivity index (χ1n) is 24.1. The molecule has 0 radical (unpaired) electrons. The Morgan fingerprint density at radius 2 is 1.57 bits per heavy atom. The third-order valence-electron chi connectivity index (χ3n) is 14.6. The number of ketones is 3. The molecule has 16 atom stereocenters. The number of allylic oxidation sites excluding steroid dienone is 6. The van der Waals surface area contributed by atoms with Crippen LogP contribution in [0.3, 0.4) is 0 Å². The highest BCUT2D eigenvalue weighted by Gasteiger charge is 2.53. The van der Waals surface area contributed by atoms with Crippen LogP contribution in [0, 0.1) is 35.5 Å². The monoisotopic (exact) mass is 916 g/mol. The van der Waals surface area contributed by atoms with Crippen molar-refractivity contribution in [2.45, 2.75) is 186 Å². The summed E-state index contributed by atoms with van der Waals surface area (Å²) in [5.41, 5.74) is 1.29. The second-order valence-corrected chi connectivity index (χ2v) is 19.7. The standard InChI is InChI=1S/C51H81NO13/c1-30-16-12-11-13-17-31(2)42(61-8)28-38-21-19-36(7)51(60,65-38)48(57)49(58)52-23-15-14-18-39(52)50(59)64-43(33(4)26-37-20-22-40(53)44(27-37)62-9)29-41(54)32(3)25-35(6)46(56)47(63-10)45(55)34(5)24-30/h11-13,16-17,25,30,32-34,36-40,42-44,46-47,49,53,56,58,60H,14-15,18-24,26-29H2,1-10H3/b13-11?,16-12+,31-17?,35-25+/t30-,32-,33-,34-,36-,37+,38+,39+,40-,42+,43+,44-,46-,47+,49?,51-/m1/s1. The Morgan fingerprint density at radius 1 is 0.846 bits per heavy atom. The predicted octanol–water partition coefficient (Wildman–Crippen LogP) is 5.97. The van der Waals surface area contributed by atoms with Gasteiger partial charge in [0.15, 0.2) is 12.0 Å². The van der Waals surface area contributed by atoms with Crippen LogP contribution in [0.2, 0.25) is 0 Å². The Hall–Kier alpha value is -2.92. The summed E-state index contributed by atoms with van der Waals surface area (Å²) in [6.45, 7) is 12.9. The second-order valence-electron chi connectivity index (χ2n) is 19.7. The maximum Gasteiger partial charge on any atom is 0.323 e. The van der Waals surface area contributed by atoms with Crippen molar-refractivity contribution >= 4 is 23.3 Å². The molecule has 14 heteroatoms. The normalized spacial score (nSPS) is 40.5. The van der Waals surface area contributed by atoms with Crippen LogP contribution in [0.15, 0.2) is 47.6 Å². The zero-order valence-electron chi connectivity index (χ0n) is 40.7. The van der Waals surface area contributed by atoms with Gasteiger partial charge in [-0.05, 0) is 101 Å². The molecule has 2 bridgehead atoms. The Balaban J connectivity index is 1.70. The van der Waals surface area contributed by atoms with E-state index in [2.05, 4.69) is 0 Å². The molecule has 65 heavy (non-hydrogen) atoms. The summed E-state index contributed by atoms with van der Waals surface area (Å²) < 4.78 is 29.5. The molecule has 1 saturated carbocycles. The fourth-order valence-electron chi connectivity index (χ4n) is 10.3. The van der Waals surface area contributed by atoms with Crippen molar-refractivity contribution in [3.63, 3.8) is 0 Å². The van der Waals surface area contributed by atoms with E-state index >= 15 is 0 Å². The lowest BCUT2D eigenvalue weighted by atomic mass is 9.78. The van der Waals surface area contributed by atoms with E-state index < -0.39 is 84.2 Å². The molecule has 0 spiro atoms. The molecule has 4 N–H and O–H groups in total. The van der Waals surface area contributed by atoms with Gasteiger partial charge in [-0.25, -0.2) is 0 Å². The summed E-state index contributed by atoms with van der Waals surface area (Å²) in [4.78, 5) is 57.9. The molecule has 4 aliphatic rings. The van der Waals surface area contributed by atoms with Crippen molar-refractivity contribution in [3.8, 4) is 0 Å². The van der Waals surface area contributed by atoms with Crippen molar-refractivity contribution in [3.05, 3.63) is 47.6 Å². The SMILES string of the molecule is CO[C@H]1C[C@@H]2CC[C@@H](C)[C@@](O)(O2)C(=O)C(O)N2CCCC[C@H]2C(=O)O[C@H]([C@H](C)C[C@@H]2CC[C@@H](O)[C@H](OC)C2)CC(=O)[C@H](C)/C=C(\C)[C@@H](O)[C@@H](OC)C(=O)[C@H](C)C[C@H](C)/C=C/C=CC=C1C. The number of nitrogens with zero attached hydrogens (tertiary/aromatic N) is 1. The smallest absolute Gasteiger partial charge is 0.323 e. The molecule has 0 aromatic rings. The quantitative estimate of drug-likeness (QED) is 0.180. The van der Waals surface area contributed by atoms with Gasteiger partial charge in [0, 0.05) is 58.5 Å². The van der Waals surface area contributed by atoms with E-state index in [0.717, 1.165) is 12.0 Å². The number of Topliss-reactive ketones (excluding diaryl/α,β-unsaturated/α-hetero) is 3. The Bertz CT molecular complexity index is 1710. The predicted molar refractivity (Wildman–Crippen MR) is 246 cm³/mol. The number of piperidine rings is 1. The molecule has 1 unspecified atom stereocenters. The maximum absolute atomic E-state index is 14.4. The van der Waals surface area contributed by atoms with E-state index in [0.29, 0.717) is 63.4 Å². The first-order valence-corrected chi connectivity index (χ1v) is 24.1. The third kappa shape index (κ3) is 14.5. The van der Waals surface area contributed by atoms with Gasteiger partial charge in [0.25, 0.3) is 0 Å². The molecule has 4 rings (SSSR count). The van der Waals surface area contributed by atoms with Crippen molar-refractivity contribution in [2.75, 3.05) is 27.9 Å². The molecule has 3 fully saturated rings. The molecule has 14 nitrogen and oxygen atoms in total. The summed E-state index contributed by atoms with van der Waals surface area (Å²) in [5.74, 6) is -6.43. The van der Waals surface area contributed by atoms with Crippen LogP contribution in [0.5, 0.6) is 0 Å². The number of hydrogen-bond donors (Lipinski definition) is 4. The zero-order valence-corrected chi connectivity index (χ0v) is 40.7. The summed E-state index contributed by atoms with van der Waals surface area (Å²) in [6.07, 6.45) is 9.84. The number of rotatable bonds is 6. The van der Waals surface area contributed by atoms with Gasteiger partial charge >= 0.3 is 5.97 Å². The van der Waals surface area contributed by atoms with Gasteiger partial charge in [0.2, 0.25) is 11.6 Å². The average Bonchev–Trinajstić information content (AvgIpc) is 3.28. The van der Waals surface area contributed by atoms with Crippen LogP contribution >= 0.6 is 0 Å². The van der Waals surface area contributed by atoms with Gasteiger partial charge in [0.05, 0.1) is 24.4 Å². The minimum Gasteiger partial charge on any atom is -0.460 e. The number of methoxy groups -OCH3 is 3. The van der Waals surface area contributed by atoms with E-state index in [1.165, 1.54) is 12.0 Å². The van der Waals surface area contributed by atoms with Gasteiger partial charge in [-0.2, -0.15) is 0 Å². The number of carbonyl (C=O) groups excluding carboxylic acids is 4. The van der Waals surface area contributed by atoms with Crippen LogP contribution in [-0.4, -0.2) is 137 Å². The summed E-state index contributed by atoms with van der Waals surface area (Å²) in [7, 11) is 4.55. The molecular weight excluding hydrogens is 835 g/mol. The topological polar surface area (TPSA) is 199 Å². The summed E-state index contributed by atoms with van der Waals surface area (Å²) in [5, 5.41) is 45.7. The number of cyclic esters (lactones) is 1. The number of carbonyl (C=O) groups is 4. The van der Waals surface area contributed by atoms with Crippen LogP contribution in [0.25, 0.3) is 0 Å². The number of aliphatic hydroxyl groups is 4. The number of hydrogen-bond acceptors (Lipinski definition) is 14. The maximum atomic E-state index is 14.4. The molecule has 368 valence electrons. The number of esters is 1. The molecule has 1 aliphatic carbocycles. The van der Waals surface area contributed by atoms with Gasteiger partial charge in [-0.15, -0.1) is 0 Å². The minimum atomic E-state index is -2.33.